The zero-order valence-corrected chi connectivity index (χ0v) is 12.3. The van der Waals surface area contributed by atoms with Crippen molar-refractivity contribution in [1.29, 1.82) is 0 Å². The van der Waals surface area contributed by atoms with Crippen LogP contribution in [0, 0.1) is 11.8 Å². The highest BCUT2D eigenvalue weighted by atomic mass is 16.5. The summed E-state index contributed by atoms with van der Waals surface area (Å²) in [7, 11) is 1.83. The molecule has 0 radical (unpaired) electrons. The summed E-state index contributed by atoms with van der Waals surface area (Å²) in [6, 6.07) is 0.715. The SMILES string of the molecule is COC1(CNC2CCC3CCCCC3C2)CCOC1. The van der Waals surface area contributed by atoms with Crippen molar-refractivity contribution in [3.63, 3.8) is 0 Å². The predicted octanol–water partition coefficient (Wildman–Crippen LogP) is 2.74. The fourth-order valence-corrected chi connectivity index (χ4v) is 4.35. The second-order valence-corrected chi connectivity index (χ2v) is 6.89. The van der Waals surface area contributed by atoms with Gasteiger partial charge >= 0.3 is 0 Å². The number of methoxy groups -OCH3 is 1. The number of nitrogens with one attached hydrogen (secondary N) is 1. The summed E-state index contributed by atoms with van der Waals surface area (Å²) in [4.78, 5) is 0. The summed E-state index contributed by atoms with van der Waals surface area (Å²) in [6.45, 7) is 2.58. The highest BCUT2D eigenvalue weighted by Gasteiger charge is 2.37. The minimum Gasteiger partial charge on any atom is -0.378 e. The fraction of sp³-hybridized carbons (Fsp3) is 1.00. The second-order valence-electron chi connectivity index (χ2n) is 6.89. The largest absolute Gasteiger partial charge is 0.378 e. The van der Waals surface area contributed by atoms with Crippen LogP contribution in [-0.4, -0.2) is 38.5 Å². The van der Waals surface area contributed by atoms with Crippen LogP contribution in [0.1, 0.15) is 51.4 Å². The molecule has 1 N–H and O–H groups in total. The minimum absolute atomic E-state index is 0.0522. The lowest BCUT2D eigenvalue weighted by molar-refractivity contribution is -0.0196. The highest BCUT2D eigenvalue weighted by molar-refractivity contribution is 4.91. The van der Waals surface area contributed by atoms with Crippen LogP contribution < -0.4 is 5.32 Å². The number of rotatable bonds is 4. The van der Waals surface area contributed by atoms with E-state index < -0.39 is 0 Å². The van der Waals surface area contributed by atoms with Crippen molar-refractivity contribution in [1.82, 2.24) is 5.32 Å². The second kappa shape index (κ2) is 6.11. The Bertz CT molecular complexity index is 288. The quantitative estimate of drug-likeness (QED) is 0.849. The molecule has 1 heterocycles. The van der Waals surface area contributed by atoms with Crippen LogP contribution in [0.15, 0.2) is 0 Å². The van der Waals surface area contributed by atoms with E-state index in [-0.39, 0.29) is 5.60 Å². The molecule has 110 valence electrons. The van der Waals surface area contributed by atoms with Crippen LogP contribution in [0.2, 0.25) is 0 Å². The van der Waals surface area contributed by atoms with Crippen LogP contribution >= 0.6 is 0 Å². The summed E-state index contributed by atoms with van der Waals surface area (Å²) in [5.74, 6) is 2.04. The van der Waals surface area contributed by atoms with Gasteiger partial charge in [-0.15, -0.1) is 0 Å². The van der Waals surface area contributed by atoms with Gasteiger partial charge in [-0.05, 0) is 31.1 Å². The molecule has 4 atom stereocenters. The molecular formula is C16H29NO2. The summed E-state index contributed by atoms with van der Waals surface area (Å²) in [6.07, 6.45) is 11.1. The van der Waals surface area contributed by atoms with Gasteiger partial charge in [0, 0.05) is 32.7 Å². The Morgan fingerprint density at radius 2 is 2.00 bits per heavy atom. The molecule has 19 heavy (non-hydrogen) atoms. The molecule has 0 amide bonds. The average Bonchev–Trinajstić information content (AvgIpc) is 2.94. The first-order chi connectivity index (χ1) is 9.31. The van der Waals surface area contributed by atoms with Crippen molar-refractivity contribution in [2.45, 2.75) is 63.0 Å². The number of ether oxygens (including phenoxy) is 2. The van der Waals surface area contributed by atoms with E-state index >= 15 is 0 Å². The summed E-state index contributed by atoms with van der Waals surface area (Å²) in [5.41, 5.74) is -0.0522. The first kappa shape index (κ1) is 13.8. The minimum atomic E-state index is -0.0522. The maximum Gasteiger partial charge on any atom is 0.106 e. The molecule has 3 rings (SSSR count). The summed E-state index contributed by atoms with van der Waals surface area (Å²) >= 11 is 0. The van der Waals surface area contributed by atoms with Gasteiger partial charge in [-0.3, -0.25) is 0 Å². The average molecular weight is 267 g/mol. The lowest BCUT2D eigenvalue weighted by Crippen LogP contribution is -2.48. The van der Waals surface area contributed by atoms with Gasteiger partial charge in [-0.25, -0.2) is 0 Å². The third-order valence-electron chi connectivity index (χ3n) is 5.75. The predicted molar refractivity (Wildman–Crippen MR) is 76.3 cm³/mol. The molecule has 2 saturated carbocycles. The summed E-state index contributed by atoms with van der Waals surface area (Å²) < 4.78 is 11.2. The lowest BCUT2D eigenvalue weighted by Gasteiger charge is -2.40. The van der Waals surface area contributed by atoms with E-state index in [4.69, 9.17) is 9.47 Å². The Hall–Kier alpha value is -0.120. The zero-order chi connectivity index (χ0) is 13.1. The number of hydrogen-bond acceptors (Lipinski definition) is 3. The molecule has 3 aliphatic rings. The number of fused-ring (bicyclic) bond motifs is 1. The highest BCUT2D eigenvalue weighted by Crippen LogP contribution is 2.40. The van der Waals surface area contributed by atoms with Crippen LogP contribution in [0.25, 0.3) is 0 Å². The summed E-state index contributed by atoms with van der Waals surface area (Å²) in [5, 5.41) is 3.78. The molecule has 0 aromatic carbocycles. The Balaban J connectivity index is 1.48. The topological polar surface area (TPSA) is 30.5 Å². The third kappa shape index (κ3) is 3.14. The van der Waals surface area contributed by atoms with E-state index in [1.54, 1.807) is 0 Å². The van der Waals surface area contributed by atoms with Crippen molar-refractivity contribution in [2.24, 2.45) is 11.8 Å². The standard InChI is InChI=1S/C16H29NO2/c1-18-16(8-9-19-12-16)11-17-15-7-6-13-4-2-3-5-14(13)10-15/h13-15,17H,2-12H2,1H3. The Labute approximate surface area is 117 Å². The van der Waals surface area contributed by atoms with Crippen molar-refractivity contribution >= 4 is 0 Å². The molecule has 3 heteroatoms. The van der Waals surface area contributed by atoms with E-state index in [0.29, 0.717) is 6.04 Å². The van der Waals surface area contributed by atoms with Gasteiger partial charge < -0.3 is 14.8 Å². The molecule has 0 bridgehead atoms. The van der Waals surface area contributed by atoms with E-state index in [2.05, 4.69) is 5.32 Å². The zero-order valence-electron chi connectivity index (χ0n) is 12.3. The number of hydrogen-bond donors (Lipinski definition) is 1. The molecular weight excluding hydrogens is 238 g/mol. The molecule has 0 spiro atoms. The maximum absolute atomic E-state index is 5.71. The smallest absolute Gasteiger partial charge is 0.106 e. The molecule has 4 unspecified atom stereocenters. The maximum atomic E-state index is 5.71. The first-order valence-corrected chi connectivity index (χ1v) is 8.18. The van der Waals surface area contributed by atoms with Crippen molar-refractivity contribution < 1.29 is 9.47 Å². The third-order valence-corrected chi connectivity index (χ3v) is 5.75. The van der Waals surface area contributed by atoms with Gasteiger partial charge in [0.1, 0.15) is 5.60 Å². The van der Waals surface area contributed by atoms with Crippen LogP contribution in [0.3, 0.4) is 0 Å². The Morgan fingerprint density at radius 1 is 1.16 bits per heavy atom. The Morgan fingerprint density at radius 3 is 2.74 bits per heavy atom. The van der Waals surface area contributed by atoms with E-state index in [1.165, 1.54) is 44.9 Å². The van der Waals surface area contributed by atoms with Crippen LogP contribution in [-0.2, 0) is 9.47 Å². The van der Waals surface area contributed by atoms with Crippen molar-refractivity contribution in [3.05, 3.63) is 0 Å². The van der Waals surface area contributed by atoms with Crippen molar-refractivity contribution in [2.75, 3.05) is 26.9 Å². The van der Waals surface area contributed by atoms with Crippen LogP contribution in [0.4, 0.5) is 0 Å². The fourth-order valence-electron chi connectivity index (χ4n) is 4.35. The molecule has 3 nitrogen and oxygen atoms in total. The molecule has 2 aliphatic carbocycles. The van der Waals surface area contributed by atoms with E-state index in [9.17, 15) is 0 Å². The monoisotopic (exact) mass is 267 g/mol. The molecule has 1 saturated heterocycles. The molecule has 0 aromatic heterocycles. The lowest BCUT2D eigenvalue weighted by atomic mass is 9.69. The van der Waals surface area contributed by atoms with Gasteiger partial charge in [0.2, 0.25) is 0 Å². The van der Waals surface area contributed by atoms with Crippen LogP contribution in [0.5, 0.6) is 0 Å². The van der Waals surface area contributed by atoms with Gasteiger partial charge in [0.25, 0.3) is 0 Å². The first-order valence-electron chi connectivity index (χ1n) is 8.18. The molecule has 3 fully saturated rings. The van der Waals surface area contributed by atoms with E-state index in [0.717, 1.165) is 38.0 Å². The molecule has 0 aromatic rings. The normalized spacial score (nSPS) is 43.1. The van der Waals surface area contributed by atoms with Gasteiger partial charge in [-0.2, -0.15) is 0 Å². The van der Waals surface area contributed by atoms with Crippen molar-refractivity contribution in [3.8, 4) is 0 Å². The molecule has 1 aliphatic heterocycles. The van der Waals surface area contributed by atoms with Gasteiger partial charge in [0.05, 0.1) is 6.61 Å². The van der Waals surface area contributed by atoms with E-state index in [1.807, 2.05) is 7.11 Å². The Kier molecular flexibility index (Phi) is 4.45. The van der Waals surface area contributed by atoms with Gasteiger partial charge in [0.15, 0.2) is 0 Å². The van der Waals surface area contributed by atoms with Gasteiger partial charge in [-0.1, -0.05) is 25.7 Å².